The molecular formula is C39H38N2O5S. The molecule has 4 aromatic carbocycles. The minimum absolute atomic E-state index is 0.00236. The van der Waals surface area contributed by atoms with Crippen LogP contribution in [0.2, 0.25) is 0 Å². The first kappa shape index (κ1) is 32.5. The number of amides is 1. The van der Waals surface area contributed by atoms with Gasteiger partial charge in [0.25, 0.3) is 5.91 Å². The second kappa shape index (κ2) is 15.4. The monoisotopic (exact) mass is 646 g/mol. The van der Waals surface area contributed by atoms with Crippen LogP contribution in [0.5, 0.6) is 5.75 Å². The van der Waals surface area contributed by atoms with Crippen molar-refractivity contribution in [3.63, 3.8) is 0 Å². The average molecular weight is 647 g/mol. The standard InChI is InChI=1S/C39H38N2O5S/c1-26-35(25-47-36-12-6-5-11-34(36)44-2)45-39(46-37(26)29-15-13-27(24-42)14-16-29)30-19-17-28(18-20-30)33-10-4-3-8-31(33)23-41-38(43)32-9-7-21-40-22-32/h3-22,26,35,37,39,42H,23-25H2,1-2H3,(H,41,43)/t26-,35+,37+,39+/m1/s1. The zero-order chi connectivity index (χ0) is 32.6. The molecule has 0 bridgehead atoms. The van der Waals surface area contributed by atoms with Crippen LogP contribution in [0.25, 0.3) is 11.1 Å². The van der Waals surface area contributed by atoms with E-state index in [4.69, 9.17) is 14.2 Å². The first-order chi connectivity index (χ1) is 23.0. The van der Waals surface area contributed by atoms with Gasteiger partial charge in [0.1, 0.15) is 5.75 Å². The van der Waals surface area contributed by atoms with Crippen molar-refractivity contribution in [2.75, 3.05) is 12.9 Å². The first-order valence-corrected chi connectivity index (χ1v) is 16.7. The van der Waals surface area contributed by atoms with Crippen molar-refractivity contribution in [2.24, 2.45) is 5.92 Å². The number of nitrogens with zero attached hydrogens (tertiary/aromatic N) is 1. The number of pyridine rings is 1. The number of rotatable bonds is 11. The third kappa shape index (κ3) is 7.75. The molecule has 6 rings (SSSR count). The Labute approximate surface area is 279 Å². The minimum Gasteiger partial charge on any atom is -0.496 e. The third-order valence-corrected chi connectivity index (χ3v) is 9.61. The van der Waals surface area contributed by atoms with Crippen LogP contribution in [0.4, 0.5) is 0 Å². The van der Waals surface area contributed by atoms with E-state index in [1.54, 1.807) is 43.4 Å². The van der Waals surface area contributed by atoms with Crippen LogP contribution in [0.1, 0.15) is 51.9 Å². The van der Waals surface area contributed by atoms with Gasteiger partial charge in [-0.25, -0.2) is 0 Å². The van der Waals surface area contributed by atoms with E-state index < -0.39 is 6.29 Å². The Balaban J connectivity index is 1.22. The largest absolute Gasteiger partial charge is 0.496 e. The van der Waals surface area contributed by atoms with Crippen LogP contribution < -0.4 is 10.1 Å². The quantitative estimate of drug-likeness (QED) is 0.142. The first-order valence-electron chi connectivity index (χ1n) is 15.7. The van der Waals surface area contributed by atoms with Crippen LogP contribution >= 0.6 is 11.8 Å². The number of ether oxygens (including phenoxy) is 3. The fourth-order valence-electron chi connectivity index (χ4n) is 5.77. The van der Waals surface area contributed by atoms with E-state index >= 15 is 0 Å². The second-order valence-corrected chi connectivity index (χ2v) is 12.5. The lowest BCUT2D eigenvalue weighted by Gasteiger charge is -2.41. The Bertz CT molecular complexity index is 1770. The summed E-state index contributed by atoms with van der Waals surface area (Å²) in [6.07, 6.45) is 2.34. The summed E-state index contributed by atoms with van der Waals surface area (Å²) in [5.41, 5.74) is 6.44. The van der Waals surface area contributed by atoms with Crippen LogP contribution in [0, 0.1) is 5.92 Å². The summed E-state index contributed by atoms with van der Waals surface area (Å²) >= 11 is 1.72. The van der Waals surface area contributed by atoms with E-state index in [1.807, 2.05) is 60.7 Å². The molecule has 0 spiro atoms. The highest BCUT2D eigenvalue weighted by Crippen LogP contribution is 2.44. The molecule has 0 radical (unpaired) electrons. The molecule has 8 heteroatoms. The molecule has 1 aliphatic heterocycles. The van der Waals surface area contributed by atoms with Crippen LogP contribution in [-0.2, 0) is 22.6 Å². The third-order valence-electron chi connectivity index (χ3n) is 8.47. The molecule has 1 amide bonds. The number of benzene rings is 4. The fourth-order valence-corrected chi connectivity index (χ4v) is 6.96. The van der Waals surface area contributed by atoms with Crippen molar-refractivity contribution in [1.29, 1.82) is 0 Å². The molecule has 4 atom stereocenters. The van der Waals surface area contributed by atoms with E-state index in [0.29, 0.717) is 12.1 Å². The number of para-hydroxylation sites is 1. The number of aliphatic hydroxyl groups excluding tert-OH is 1. The molecule has 1 aliphatic rings. The highest BCUT2D eigenvalue weighted by atomic mass is 32.2. The van der Waals surface area contributed by atoms with E-state index in [2.05, 4.69) is 53.6 Å². The predicted octanol–water partition coefficient (Wildman–Crippen LogP) is 7.76. The summed E-state index contributed by atoms with van der Waals surface area (Å²) in [7, 11) is 1.69. The Kier molecular flexibility index (Phi) is 10.6. The lowest BCUT2D eigenvalue weighted by atomic mass is 9.91. The minimum atomic E-state index is -0.569. The maximum absolute atomic E-state index is 12.7. The van der Waals surface area contributed by atoms with Gasteiger partial charge in [0, 0.05) is 41.1 Å². The van der Waals surface area contributed by atoms with Crippen molar-refractivity contribution in [3.05, 3.63) is 149 Å². The molecule has 5 aromatic rings. The van der Waals surface area contributed by atoms with Gasteiger partial charge in [-0.2, -0.15) is 0 Å². The predicted molar refractivity (Wildman–Crippen MR) is 184 cm³/mol. The van der Waals surface area contributed by atoms with Gasteiger partial charge in [0.2, 0.25) is 0 Å². The summed E-state index contributed by atoms with van der Waals surface area (Å²) in [5, 5.41) is 12.6. The highest BCUT2D eigenvalue weighted by molar-refractivity contribution is 7.99. The number of aliphatic hydroxyl groups is 1. The number of thioether (sulfide) groups is 1. The maximum Gasteiger partial charge on any atom is 0.253 e. The van der Waals surface area contributed by atoms with Crippen molar-refractivity contribution < 1.29 is 24.1 Å². The van der Waals surface area contributed by atoms with Gasteiger partial charge in [-0.1, -0.05) is 91.9 Å². The lowest BCUT2D eigenvalue weighted by Crippen LogP contribution is -2.38. The fraction of sp³-hybridized carbons (Fsp3) is 0.231. The molecule has 1 saturated heterocycles. The molecule has 240 valence electrons. The van der Waals surface area contributed by atoms with Crippen molar-refractivity contribution >= 4 is 17.7 Å². The number of nitrogens with one attached hydrogen (secondary N) is 1. The van der Waals surface area contributed by atoms with Crippen molar-refractivity contribution in [3.8, 4) is 16.9 Å². The molecule has 2 heterocycles. The molecule has 1 fully saturated rings. The SMILES string of the molecule is COc1ccccc1SC[C@@H]1O[C@H](c2ccc(-c3ccccc3CNC(=O)c3cccnc3)cc2)O[C@H](c2ccc(CO)cc2)[C@@H]1C. The Morgan fingerprint density at radius 2 is 1.64 bits per heavy atom. The lowest BCUT2D eigenvalue weighted by molar-refractivity contribution is -0.268. The topological polar surface area (TPSA) is 89.9 Å². The molecule has 7 nitrogen and oxygen atoms in total. The van der Waals surface area contributed by atoms with Gasteiger partial charge in [0.05, 0.1) is 31.5 Å². The summed E-state index contributed by atoms with van der Waals surface area (Å²) in [6, 6.07) is 35.8. The van der Waals surface area contributed by atoms with Gasteiger partial charge in [-0.3, -0.25) is 9.78 Å². The smallest absolute Gasteiger partial charge is 0.253 e. The highest BCUT2D eigenvalue weighted by Gasteiger charge is 2.38. The van der Waals surface area contributed by atoms with Crippen LogP contribution in [-0.4, -0.2) is 35.0 Å². The Morgan fingerprint density at radius 3 is 2.38 bits per heavy atom. The average Bonchev–Trinajstić information content (AvgIpc) is 3.14. The molecule has 1 aromatic heterocycles. The van der Waals surface area contributed by atoms with Crippen molar-refractivity contribution in [2.45, 2.75) is 43.5 Å². The van der Waals surface area contributed by atoms with E-state index in [-0.39, 0.29) is 30.6 Å². The van der Waals surface area contributed by atoms with Gasteiger partial charge >= 0.3 is 0 Å². The molecule has 47 heavy (non-hydrogen) atoms. The zero-order valence-corrected chi connectivity index (χ0v) is 27.2. The van der Waals surface area contributed by atoms with Crippen LogP contribution in [0.3, 0.4) is 0 Å². The molecule has 0 aliphatic carbocycles. The number of hydrogen-bond donors (Lipinski definition) is 2. The number of aromatic nitrogens is 1. The molecule has 0 unspecified atom stereocenters. The van der Waals surface area contributed by atoms with E-state index in [0.717, 1.165) is 49.8 Å². The van der Waals surface area contributed by atoms with Crippen LogP contribution in [0.15, 0.2) is 126 Å². The Hall–Kier alpha value is -4.47. The molecule has 2 N–H and O–H groups in total. The van der Waals surface area contributed by atoms with Gasteiger partial charge in [-0.05, 0) is 52.1 Å². The summed E-state index contributed by atoms with van der Waals surface area (Å²) in [6.45, 7) is 2.56. The Morgan fingerprint density at radius 1 is 0.894 bits per heavy atom. The summed E-state index contributed by atoms with van der Waals surface area (Å²) in [4.78, 5) is 17.8. The van der Waals surface area contributed by atoms with Gasteiger partial charge < -0.3 is 24.6 Å². The van der Waals surface area contributed by atoms with E-state index in [9.17, 15) is 9.90 Å². The molecule has 0 saturated carbocycles. The number of carbonyl (C=O) groups excluding carboxylic acids is 1. The maximum atomic E-state index is 12.7. The van der Waals surface area contributed by atoms with Crippen molar-refractivity contribution in [1.82, 2.24) is 10.3 Å². The zero-order valence-electron chi connectivity index (χ0n) is 26.4. The van der Waals surface area contributed by atoms with Gasteiger partial charge in [-0.15, -0.1) is 11.8 Å². The number of hydrogen-bond acceptors (Lipinski definition) is 7. The summed E-state index contributed by atoms with van der Waals surface area (Å²) in [5.74, 6) is 1.48. The molecular weight excluding hydrogens is 609 g/mol. The summed E-state index contributed by atoms with van der Waals surface area (Å²) < 4.78 is 18.9. The second-order valence-electron chi connectivity index (χ2n) is 11.5. The number of methoxy groups -OCH3 is 1. The normalized spacial score (nSPS) is 19.2. The number of carbonyl (C=O) groups is 1. The van der Waals surface area contributed by atoms with Gasteiger partial charge in [0.15, 0.2) is 6.29 Å². The van der Waals surface area contributed by atoms with E-state index in [1.165, 1.54) is 0 Å².